The second kappa shape index (κ2) is 5.05. The highest BCUT2D eigenvalue weighted by molar-refractivity contribution is 5.64. The molecule has 0 saturated heterocycles. The fourth-order valence-corrected chi connectivity index (χ4v) is 0.597. The predicted octanol–water partition coefficient (Wildman–Crippen LogP) is 0.600. The first-order valence-corrected chi connectivity index (χ1v) is 3.39. The minimum absolute atomic E-state index is 0.155. The number of nitrogens with one attached hydrogen (secondary N) is 2. The highest BCUT2D eigenvalue weighted by Gasteiger charge is 2.00. The van der Waals surface area contributed by atoms with Crippen LogP contribution in [0.4, 0.5) is 4.79 Å². The van der Waals surface area contributed by atoms with Crippen molar-refractivity contribution in [2.75, 3.05) is 6.54 Å². The summed E-state index contributed by atoms with van der Waals surface area (Å²) in [6, 6.07) is 0. The van der Waals surface area contributed by atoms with Crippen molar-refractivity contribution in [3.63, 3.8) is 0 Å². The molecule has 1 unspecified atom stereocenters. The van der Waals surface area contributed by atoms with E-state index in [4.69, 9.17) is 5.11 Å². The highest BCUT2D eigenvalue weighted by atomic mass is 16.4. The summed E-state index contributed by atoms with van der Waals surface area (Å²) in [7, 11) is 0. The van der Waals surface area contributed by atoms with E-state index in [2.05, 4.69) is 10.6 Å². The van der Waals surface area contributed by atoms with Gasteiger partial charge in [-0.3, -0.25) is 5.32 Å². The number of carboxylic acid groups (broad SMARTS) is 1. The molecule has 0 spiro atoms. The molecule has 0 aliphatic rings. The standard InChI is InChI=1S/C6H14N2O2/c1-3-4-7-5(2)8-6(9)10/h5,7-8H,3-4H2,1-2H3,(H,9,10). The number of hydrogen-bond donors (Lipinski definition) is 3. The van der Waals surface area contributed by atoms with Crippen LogP contribution in [0.5, 0.6) is 0 Å². The van der Waals surface area contributed by atoms with Gasteiger partial charge in [0.2, 0.25) is 0 Å². The quantitative estimate of drug-likeness (QED) is 0.509. The zero-order chi connectivity index (χ0) is 7.98. The molecule has 4 heteroatoms. The normalized spacial score (nSPS) is 12.6. The zero-order valence-electron chi connectivity index (χ0n) is 6.35. The SMILES string of the molecule is CCCNC(C)NC(=O)O. The summed E-state index contributed by atoms with van der Waals surface area (Å²) in [6.45, 7) is 4.63. The van der Waals surface area contributed by atoms with Crippen molar-refractivity contribution in [2.45, 2.75) is 26.4 Å². The maximum atomic E-state index is 10.0. The molecule has 1 atom stereocenters. The van der Waals surface area contributed by atoms with Crippen LogP contribution in [0.2, 0.25) is 0 Å². The van der Waals surface area contributed by atoms with Gasteiger partial charge in [-0.2, -0.15) is 0 Å². The number of hydrogen-bond acceptors (Lipinski definition) is 2. The monoisotopic (exact) mass is 146 g/mol. The van der Waals surface area contributed by atoms with E-state index < -0.39 is 6.09 Å². The molecule has 1 amide bonds. The summed E-state index contributed by atoms with van der Waals surface area (Å²) in [5.41, 5.74) is 0. The average molecular weight is 146 g/mol. The predicted molar refractivity (Wildman–Crippen MR) is 38.9 cm³/mol. The van der Waals surface area contributed by atoms with Gasteiger partial charge >= 0.3 is 6.09 Å². The number of amides is 1. The summed E-state index contributed by atoms with van der Waals surface area (Å²) >= 11 is 0. The number of rotatable bonds is 4. The van der Waals surface area contributed by atoms with Gasteiger partial charge in [0.1, 0.15) is 0 Å². The van der Waals surface area contributed by atoms with Crippen molar-refractivity contribution in [1.29, 1.82) is 0 Å². The van der Waals surface area contributed by atoms with E-state index in [9.17, 15) is 4.79 Å². The zero-order valence-corrected chi connectivity index (χ0v) is 6.35. The molecule has 0 aromatic carbocycles. The fourth-order valence-electron chi connectivity index (χ4n) is 0.597. The first-order valence-electron chi connectivity index (χ1n) is 3.39. The molecule has 0 aliphatic carbocycles. The van der Waals surface area contributed by atoms with Gasteiger partial charge in [0, 0.05) is 0 Å². The summed E-state index contributed by atoms with van der Waals surface area (Å²) in [4.78, 5) is 10.0. The Bertz CT molecular complexity index is 106. The van der Waals surface area contributed by atoms with Crippen LogP contribution in [0, 0.1) is 0 Å². The fraction of sp³-hybridized carbons (Fsp3) is 0.833. The molecule has 0 aromatic heterocycles. The van der Waals surface area contributed by atoms with Crippen molar-refractivity contribution in [3.8, 4) is 0 Å². The third-order valence-electron chi connectivity index (χ3n) is 1.04. The Balaban J connectivity index is 3.25. The molecule has 10 heavy (non-hydrogen) atoms. The first kappa shape index (κ1) is 9.23. The van der Waals surface area contributed by atoms with E-state index in [-0.39, 0.29) is 6.17 Å². The van der Waals surface area contributed by atoms with Crippen LogP contribution in [-0.2, 0) is 0 Å². The first-order chi connectivity index (χ1) is 4.66. The topological polar surface area (TPSA) is 61.4 Å². The Morgan fingerprint density at radius 2 is 2.30 bits per heavy atom. The summed E-state index contributed by atoms with van der Waals surface area (Å²) in [6.07, 6.45) is -0.139. The van der Waals surface area contributed by atoms with Crippen LogP contribution in [0.15, 0.2) is 0 Å². The lowest BCUT2D eigenvalue weighted by Crippen LogP contribution is -2.42. The lowest BCUT2D eigenvalue weighted by Gasteiger charge is -2.11. The van der Waals surface area contributed by atoms with Gasteiger partial charge in [-0.25, -0.2) is 4.79 Å². The van der Waals surface area contributed by atoms with E-state index in [1.54, 1.807) is 6.92 Å². The molecule has 0 radical (unpaired) electrons. The molecule has 0 fully saturated rings. The molecule has 3 N–H and O–H groups in total. The van der Waals surface area contributed by atoms with Gasteiger partial charge in [0.15, 0.2) is 0 Å². The number of carbonyl (C=O) groups is 1. The largest absolute Gasteiger partial charge is 0.465 e. The van der Waals surface area contributed by atoms with Gasteiger partial charge in [0.05, 0.1) is 6.17 Å². The van der Waals surface area contributed by atoms with Crippen LogP contribution >= 0.6 is 0 Å². The van der Waals surface area contributed by atoms with E-state index >= 15 is 0 Å². The molecule has 0 bridgehead atoms. The van der Waals surface area contributed by atoms with Crippen molar-refractivity contribution < 1.29 is 9.90 Å². The van der Waals surface area contributed by atoms with Crippen LogP contribution in [0.1, 0.15) is 20.3 Å². The van der Waals surface area contributed by atoms with Crippen LogP contribution in [0.3, 0.4) is 0 Å². The van der Waals surface area contributed by atoms with E-state index in [1.807, 2.05) is 6.92 Å². The molecule has 0 aliphatic heterocycles. The van der Waals surface area contributed by atoms with E-state index in [1.165, 1.54) is 0 Å². The van der Waals surface area contributed by atoms with Crippen LogP contribution < -0.4 is 10.6 Å². The van der Waals surface area contributed by atoms with Gasteiger partial charge in [-0.15, -0.1) is 0 Å². The maximum absolute atomic E-state index is 10.0. The lowest BCUT2D eigenvalue weighted by atomic mass is 10.4. The molecule has 60 valence electrons. The Kier molecular flexibility index (Phi) is 4.66. The Morgan fingerprint density at radius 1 is 1.70 bits per heavy atom. The maximum Gasteiger partial charge on any atom is 0.405 e. The van der Waals surface area contributed by atoms with Crippen LogP contribution in [-0.4, -0.2) is 23.9 Å². The summed E-state index contributed by atoms with van der Waals surface area (Å²) in [5, 5.41) is 13.5. The van der Waals surface area contributed by atoms with Gasteiger partial charge < -0.3 is 10.4 Å². The Hall–Kier alpha value is -0.770. The van der Waals surface area contributed by atoms with E-state index in [0.717, 1.165) is 13.0 Å². The second-order valence-corrected chi connectivity index (χ2v) is 2.13. The lowest BCUT2D eigenvalue weighted by molar-refractivity contribution is 0.188. The molecule has 0 rings (SSSR count). The van der Waals surface area contributed by atoms with Crippen molar-refractivity contribution >= 4 is 6.09 Å². The van der Waals surface area contributed by atoms with Gasteiger partial charge in [-0.1, -0.05) is 6.92 Å². The smallest absolute Gasteiger partial charge is 0.405 e. The Labute approximate surface area is 60.6 Å². The van der Waals surface area contributed by atoms with Crippen molar-refractivity contribution in [2.24, 2.45) is 0 Å². The molecular formula is C6H14N2O2. The van der Waals surface area contributed by atoms with Gasteiger partial charge in [-0.05, 0) is 19.9 Å². The molecule has 0 heterocycles. The minimum Gasteiger partial charge on any atom is -0.465 e. The second-order valence-electron chi connectivity index (χ2n) is 2.13. The van der Waals surface area contributed by atoms with E-state index in [0.29, 0.717) is 0 Å². The van der Waals surface area contributed by atoms with Gasteiger partial charge in [0.25, 0.3) is 0 Å². The molecule has 0 saturated carbocycles. The Morgan fingerprint density at radius 3 is 2.70 bits per heavy atom. The third-order valence-corrected chi connectivity index (χ3v) is 1.04. The van der Waals surface area contributed by atoms with Crippen LogP contribution in [0.25, 0.3) is 0 Å². The van der Waals surface area contributed by atoms with Crippen molar-refractivity contribution in [3.05, 3.63) is 0 Å². The molecule has 0 aromatic rings. The highest BCUT2D eigenvalue weighted by Crippen LogP contribution is 1.76. The minimum atomic E-state index is -0.990. The average Bonchev–Trinajstić information content (AvgIpc) is 1.82. The molecule has 4 nitrogen and oxygen atoms in total. The third kappa shape index (κ3) is 5.37. The van der Waals surface area contributed by atoms with Crippen molar-refractivity contribution in [1.82, 2.24) is 10.6 Å². The summed E-state index contributed by atoms with van der Waals surface area (Å²) in [5.74, 6) is 0. The summed E-state index contributed by atoms with van der Waals surface area (Å²) < 4.78 is 0. The molecular weight excluding hydrogens is 132 g/mol.